The Labute approximate surface area is 133 Å². The highest BCUT2D eigenvalue weighted by atomic mass is 79.9. The van der Waals surface area contributed by atoms with E-state index in [-0.39, 0.29) is 0 Å². The second-order valence-electron chi connectivity index (χ2n) is 6.34. The molecule has 3 atom stereocenters. The van der Waals surface area contributed by atoms with Gasteiger partial charge in [-0.15, -0.1) is 0 Å². The summed E-state index contributed by atoms with van der Waals surface area (Å²) < 4.78 is 12.5. The van der Waals surface area contributed by atoms with Crippen LogP contribution in [0.25, 0.3) is 0 Å². The Morgan fingerprint density at radius 2 is 2.00 bits per heavy atom. The van der Waals surface area contributed by atoms with Gasteiger partial charge < -0.3 is 14.8 Å². The molecule has 0 spiro atoms. The van der Waals surface area contributed by atoms with E-state index < -0.39 is 0 Å². The van der Waals surface area contributed by atoms with E-state index in [9.17, 15) is 0 Å². The van der Waals surface area contributed by atoms with Crippen LogP contribution in [-0.4, -0.2) is 43.8 Å². The number of ether oxygens (including phenoxy) is 2. The van der Waals surface area contributed by atoms with E-state index in [1.165, 1.54) is 25.2 Å². The molecule has 1 aromatic rings. The summed E-state index contributed by atoms with van der Waals surface area (Å²) >= 11 is 3.69. The standard InChI is InChI=1S/C16H21BrN2O2/c1-10-13-7-18-6-12(13)9-19(10)8-11-4-15-16(5-14(11)17)21-3-2-20-15/h4-5,10,12-13,18H,2-3,6-9H2,1H3. The van der Waals surface area contributed by atoms with E-state index in [2.05, 4.69) is 39.1 Å². The van der Waals surface area contributed by atoms with Gasteiger partial charge in [-0.3, -0.25) is 4.90 Å². The third kappa shape index (κ3) is 2.45. The van der Waals surface area contributed by atoms with Gasteiger partial charge in [0.1, 0.15) is 13.2 Å². The van der Waals surface area contributed by atoms with Crippen molar-refractivity contribution in [2.75, 3.05) is 32.8 Å². The van der Waals surface area contributed by atoms with Crippen molar-refractivity contribution in [3.05, 3.63) is 22.2 Å². The average molecular weight is 353 g/mol. The van der Waals surface area contributed by atoms with Gasteiger partial charge in [0.15, 0.2) is 11.5 Å². The number of halogens is 1. The summed E-state index contributed by atoms with van der Waals surface area (Å²) in [4.78, 5) is 2.60. The van der Waals surface area contributed by atoms with Gasteiger partial charge in [0, 0.05) is 23.6 Å². The van der Waals surface area contributed by atoms with Crippen molar-refractivity contribution < 1.29 is 9.47 Å². The molecule has 0 amide bonds. The first-order chi connectivity index (χ1) is 10.2. The molecule has 0 aliphatic carbocycles. The van der Waals surface area contributed by atoms with Crippen molar-refractivity contribution in [2.24, 2.45) is 11.8 Å². The van der Waals surface area contributed by atoms with Crippen molar-refractivity contribution in [1.82, 2.24) is 10.2 Å². The van der Waals surface area contributed by atoms with Crippen molar-refractivity contribution in [3.63, 3.8) is 0 Å². The smallest absolute Gasteiger partial charge is 0.162 e. The maximum absolute atomic E-state index is 5.71. The van der Waals surface area contributed by atoms with Gasteiger partial charge in [-0.1, -0.05) is 15.9 Å². The van der Waals surface area contributed by atoms with E-state index >= 15 is 0 Å². The summed E-state index contributed by atoms with van der Waals surface area (Å²) in [5.74, 6) is 3.36. The van der Waals surface area contributed by atoms with Crippen LogP contribution in [0.5, 0.6) is 11.5 Å². The summed E-state index contributed by atoms with van der Waals surface area (Å²) in [5, 5.41) is 3.52. The first-order valence-corrected chi connectivity index (χ1v) is 8.54. The lowest BCUT2D eigenvalue weighted by Crippen LogP contribution is -2.32. The Balaban J connectivity index is 1.54. The number of rotatable bonds is 2. The largest absolute Gasteiger partial charge is 0.486 e. The normalized spacial score (nSPS) is 31.4. The molecule has 0 bridgehead atoms. The maximum Gasteiger partial charge on any atom is 0.162 e. The molecule has 0 aromatic heterocycles. The lowest BCUT2D eigenvalue weighted by molar-refractivity contribution is 0.170. The minimum Gasteiger partial charge on any atom is -0.486 e. The predicted octanol–water partition coefficient (Wildman–Crippen LogP) is 2.26. The van der Waals surface area contributed by atoms with E-state index in [4.69, 9.17) is 9.47 Å². The van der Waals surface area contributed by atoms with Crippen LogP contribution in [0.3, 0.4) is 0 Å². The first kappa shape index (κ1) is 13.9. The highest BCUT2D eigenvalue weighted by Crippen LogP contribution is 2.38. The van der Waals surface area contributed by atoms with Crippen molar-refractivity contribution in [3.8, 4) is 11.5 Å². The maximum atomic E-state index is 5.71. The van der Waals surface area contributed by atoms with Crippen LogP contribution >= 0.6 is 15.9 Å². The molecule has 114 valence electrons. The van der Waals surface area contributed by atoms with Crippen molar-refractivity contribution in [1.29, 1.82) is 0 Å². The van der Waals surface area contributed by atoms with Gasteiger partial charge in [-0.25, -0.2) is 0 Å². The number of nitrogens with zero attached hydrogens (tertiary/aromatic N) is 1. The molecule has 4 nitrogen and oxygen atoms in total. The zero-order chi connectivity index (χ0) is 14.4. The summed E-state index contributed by atoms with van der Waals surface area (Å²) in [7, 11) is 0. The zero-order valence-electron chi connectivity index (χ0n) is 12.3. The monoisotopic (exact) mass is 352 g/mol. The van der Waals surface area contributed by atoms with Crippen LogP contribution in [-0.2, 0) is 6.54 Å². The minimum atomic E-state index is 0.637. The molecular weight excluding hydrogens is 332 g/mol. The Hall–Kier alpha value is -0.780. The number of benzene rings is 1. The SMILES string of the molecule is CC1C2CNCC2CN1Cc1cc2c(cc1Br)OCCO2. The summed E-state index contributed by atoms with van der Waals surface area (Å²) in [5.41, 5.74) is 1.29. The molecule has 3 aliphatic heterocycles. The zero-order valence-corrected chi connectivity index (χ0v) is 13.9. The lowest BCUT2D eigenvalue weighted by Gasteiger charge is -2.26. The Kier molecular flexibility index (Phi) is 3.59. The minimum absolute atomic E-state index is 0.637. The second kappa shape index (κ2) is 5.45. The topological polar surface area (TPSA) is 33.7 Å². The Morgan fingerprint density at radius 1 is 1.24 bits per heavy atom. The molecule has 0 radical (unpaired) electrons. The fraction of sp³-hybridized carbons (Fsp3) is 0.625. The first-order valence-electron chi connectivity index (χ1n) is 7.75. The molecule has 21 heavy (non-hydrogen) atoms. The molecule has 3 aliphatic rings. The quantitative estimate of drug-likeness (QED) is 0.885. The molecule has 3 heterocycles. The van der Waals surface area contributed by atoms with Crippen LogP contribution in [0.15, 0.2) is 16.6 Å². The summed E-state index contributed by atoms with van der Waals surface area (Å²) in [6, 6.07) is 4.83. The summed E-state index contributed by atoms with van der Waals surface area (Å²) in [6.07, 6.45) is 0. The molecule has 5 heteroatoms. The molecular formula is C16H21BrN2O2. The van der Waals surface area contributed by atoms with Gasteiger partial charge in [-0.05, 0) is 49.5 Å². The van der Waals surface area contributed by atoms with Gasteiger partial charge in [0.2, 0.25) is 0 Å². The summed E-state index contributed by atoms with van der Waals surface area (Å²) in [6.45, 7) is 8.16. The van der Waals surface area contributed by atoms with Crippen molar-refractivity contribution in [2.45, 2.75) is 19.5 Å². The van der Waals surface area contributed by atoms with Crippen LogP contribution in [0, 0.1) is 11.8 Å². The van der Waals surface area contributed by atoms with Crippen LogP contribution in [0.4, 0.5) is 0 Å². The number of fused-ring (bicyclic) bond motifs is 2. The Morgan fingerprint density at radius 3 is 2.76 bits per heavy atom. The molecule has 3 unspecified atom stereocenters. The average Bonchev–Trinajstić information content (AvgIpc) is 3.04. The molecule has 4 rings (SSSR count). The number of hydrogen-bond acceptors (Lipinski definition) is 4. The molecule has 1 N–H and O–H groups in total. The molecule has 0 saturated carbocycles. The highest BCUT2D eigenvalue weighted by molar-refractivity contribution is 9.10. The third-order valence-corrected chi connectivity index (χ3v) is 5.88. The number of likely N-dealkylation sites (tertiary alicyclic amines) is 1. The number of nitrogens with one attached hydrogen (secondary N) is 1. The highest BCUT2D eigenvalue weighted by Gasteiger charge is 2.41. The Bertz CT molecular complexity index is 551. The molecule has 2 saturated heterocycles. The van der Waals surface area contributed by atoms with Crippen LogP contribution in [0.1, 0.15) is 12.5 Å². The van der Waals surface area contributed by atoms with E-state index in [0.29, 0.717) is 19.3 Å². The van der Waals surface area contributed by atoms with E-state index in [0.717, 1.165) is 34.4 Å². The fourth-order valence-electron chi connectivity index (χ4n) is 3.91. The van der Waals surface area contributed by atoms with Gasteiger partial charge in [-0.2, -0.15) is 0 Å². The van der Waals surface area contributed by atoms with E-state index in [1.54, 1.807) is 0 Å². The number of hydrogen-bond donors (Lipinski definition) is 1. The molecule has 1 aromatic carbocycles. The third-order valence-electron chi connectivity index (χ3n) is 5.14. The van der Waals surface area contributed by atoms with Crippen LogP contribution in [0.2, 0.25) is 0 Å². The lowest BCUT2D eigenvalue weighted by atomic mass is 9.95. The van der Waals surface area contributed by atoms with Gasteiger partial charge in [0.25, 0.3) is 0 Å². The predicted molar refractivity (Wildman–Crippen MR) is 84.9 cm³/mol. The molecule has 2 fully saturated rings. The van der Waals surface area contributed by atoms with Crippen LogP contribution < -0.4 is 14.8 Å². The second-order valence-corrected chi connectivity index (χ2v) is 7.19. The van der Waals surface area contributed by atoms with Gasteiger partial charge in [0.05, 0.1) is 0 Å². The van der Waals surface area contributed by atoms with Crippen molar-refractivity contribution >= 4 is 15.9 Å². The van der Waals surface area contributed by atoms with E-state index in [1.807, 2.05) is 6.07 Å². The van der Waals surface area contributed by atoms with Gasteiger partial charge >= 0.3 is 0 Å². The fourth-order valence-corrected chi connectivity index (χ4v) is 4.36.